The fourth-order valence-corrected chi connectivity index (χ4v) is 3.71. The van der Waals surface area contributed by atoms with Crippen molar-refractivity contribution in [2.45, 2.75) is 20.8 Å². The van der Waals surface area contributed by atoms with Gasteiger partial charge in [-0.15, -0.1) is 11.3 Å². The Balaban J connectivity index is 2.17. The van der Waals surface area contributed by atoms with Crippen LogP contribution in [-0.4, -0.2) is 5.91 Å². The molecule has 4 heteroatoms. The maximum Gasteiger partial charge on any atom is 0.256 e. The number of nitrogens with one attached hydrogen (secondary N) is 1. The number of hydrogen-bond donors (Lipinski definition) is 1. The summed E-state index contributed by atoms with van der Waals surface area (Å²) in [7, 11) is 0. The van der Waals surface area contributed by atoms with Crippen molar-refractivity contribution in [2.24, 2.45) is 0 Å². The maximum atomic E-state index is 12.2. The molecule has 2 aromatic rings. The topological polar surface area (TPSA) is 29.1 Å². The molecule has 0 aliphatic carbocycles. The van der Waals surface area contributed by atoms with Crippen molar-refractivity contribution in [1.29, 1.82) is 0 Å². The number of amides is 1. The first-order valence-electron chi connectivity index (χ1n) is 6.37. The Hall–Kier alpha value is -1.39. The summed E-state index contributed by atoms with van der Waals surface area (Å²) in [6.07, 6.45) is 1.99. The highest BCUT2D eigenvalue weighted by molar-refractivity contribution is 9.10. The van der Waals surface area contributed by atoms with Gasteiger partial charge < -0.3 is 5.32 Å². The molecule has 2 nitrogen and oxygen atoms in total. The van der Waals surface area contributed by atoms with E-state index in [1.165, 1.54) is 10.4 Å². The lowest BCUT2D eigenvalue weighted by Gasteiger charge is -2.05. The molecule has 1 aromatic heterocycles. The lowest BCUT2D eigenvalue weighted by Crippen LogP contribution is -2.03. The zero-order valence-electron chi connectivity index (χ0n) is 11.5. The first-order valence-corrected chi connectivity index (χ1v) is 7.98. The van der Waals surface area contributed by atoms with Crippen LogP contribution in [0.25, 0.3) is 11.6 Å². The largest absolute Gasteiger partial charge is 0.321 e. The van der Waals surface area contributed by atoms with E-state index >= 15 is 0 Å². The zero-order valence-corrected chi connectivity index (χ0v) is 13.9. The van der Waals surface area contributed by atoms with Crippen LogP contribution in [0.1, 0.15) is 26.4 Å². The number of carbonyl (C=O) groups is 1. The molecule has 1 aliphatic heterocycles. The highest BCUT2D eigenvalue weighted by atomic mass is 79.9. The van der Waals surface area contributed by atoms with E-state index in [1.54, 1.807) is 11.3 Å². The van der Waals surface area contributed by atoms with Crippen LogP contribution in [0.5, 0.6) is 0 Å². The SMILES string of the molecule is Cc1cc(C=C2C(=O)Nc3ccc(Br)c(C)c32)sc1C. The monoisotopic (exact) mass is 347 g/mol. The van der Waals surface area contributed by atoms with Crippen LogP contribution < -0.4 is 5.32 Å². The van der Waals surface area contributed by atoms with E-state index in [4.69, 9.17) is 0 Å². The van der Waals surface area contributed by atoms with E-state index in [0.29, 0.717) is 0 Å². The molecule has 0 saturated carbocycles. The third-order valence-corrected chi connectivity index (χ3v) is 5.59. The fraction of sp³-hybridized carbons (Fsp3) is 0.188. The Kier molecular flexibility index (Phi) is 3.30. The van der Waals surface area contributed by atoms with Gasteiger partial charge in [0.15, 0.2) is 0 Å². The predicted molar refractivity (Wildman–Crippen MR) is 89.2 cm³/mol. The molecule has 3 rings (SSSR count). The van der Waals surface area contributed by atoms with Crippen molar-refractivity contribution in [3.63, 3.8) is 0 Å². The summed E-state index contributed by atoms with van der Waals surface area (Å²) >= 11 is 5.25. The molecule has 1 N–H and O–H groups in total. The van der Waals surface area contributed by atoms with Gasteiger partial charge in [-0.05, 0) is 56.2 Å². The molecule has 2 heterocycles. The van der Waals surface area contributed by atoms with Gasteiger partial charge in [0.05, 0.1) is 5.57 Å². The minimum atomic E-state index is -0.0232. The van der Waals surface area contributed by atoms with Gasteiger partial charge in [-0.1, -0.05) is 15.9 Å². The van der Waals surface area contributed by atoms with E-state index < -0.39 is 0 Å². The van der Waals surface area contributed by atoms with Crippen LogP contribution >= 0.6 is 27.3 Å². The number of thiophene rings is 1. The molecule has 0 fully saturated rings. The molecule has 0 atom stereocenters. The van der Waals surface area contributed by atoms with Crippen molar-refractivity contribution < 1.29 is 4.79 Å². The average Bonchev–Trinajstić information content (AvgIpc) is 2.87. The van der Waals surface area contributed by atoms with Crippen molar-refractivity contribution in [3.05, 3.63) is 49.1 Å². The summed E-state index contributed by atoms with van der Waals surface area (Å²) in [6, 6.07) is 6.04. The summed E-state index contributed by atoms with van der Waals surface area (Å²) in [4.78, 5) is 14.6. The Morgan fingerprint density at radius 1 is 1.25 bits per heavy atom. The highest BCUT2D eigenvalue weighted by Crippen LogP contribution is 2.39. The van der Waals surface area contributed by atoms with Gasteiger partial charge in [0, 0.05) is 25.5 Å². The lowest BCUT2D eigenvalue weighted by atomic mass is 10.0. The molecular formula is C16H14BrNOS. The first-order chi connectivity index (χ1) is 9.47. The number of benzene rings is 1. The van der Waals surface area contributed by atoms with E-state index in [0.717, 1.165) is 31.7 Å². The fourth-order valence-electron chi connectivity index (χ4n) is 2.39. The Morgan fingerprint density at radius 2 is 2.00 bits per heavy atom. The summed E-state index contributed by atoms with van der Waals surface area (Å²) in [5.41, 5.74) is 5.02. The van der Waals surface area contributed by atoms with Crippen LogP contribution in [-0.2, 0) is 4.79 Å². The van der Waals surface area contributed by atoms with Crippen LogP contribution in [0.2, 0.25) is 0 Å². The van der Waals surface area contributed by atoms with Gasteiger partial charge in [-0.2, -0.15) is 0 Å². The second-order valence-corrected chi connectivity index (χ2v) is 7.14. The van der Waals surface area contributed by atoms with Gasteiger partial charge in [0.25, 0.3) is 5.91 Å². The molecule has 1 amide bonds. The van der Waals surface area contributed by atoms with Crippen LogP contribution in [0.3, 0.4) is 0 Å². The number of carbonyl (C=O) groups excluding carboxylic acids is 1. The quantitative estimate of drug-likeness (QED) is 0.728. The molecule has 102 valence electrons. The van der Waals surface area contributed by atoms with Crippen molar-refractivity contribution >= 4 is 50.5 Å². The molecule has 0 bridgehead atoms. The first kappa shape index (κ1) is 13.6. The van der Waals surface area contributed by atoms with E-state index in [2.05, 4.69) is 41.2 Å². The molecule has 1 aliphatic rings. The van der Waals surface area contributed by atoms with Gasteiger partial charge >= 0.3 is 0 Å². The van der Waals surface area contributed by atoms with Crippen LogP contribution in [0, 0.1) is 20.8 Å². The lowest BCUT2D eigenvalue weighted by molar-refractivity contribution is -0.110. The maximum absolute atomic E-state index is 12.2. The van der Waals surface area contributed by atoms with Crippen molar-refractivity contribution in [1.82, 2.24) is 0 Å². The van der Waals surface area contributed by atoms with E-state index in [9.17, 15) is 4.79 Å². The summed E-state index contributed by atoms with van der Waals surface area (Å²) < 4.78 is 1.03. The minimum absolute atomic E-state index is 0.0232. The zero-order chi connectivity index (χ0) is 14.4. The van der Waals surface area contributed by atoms with Gasteiger partial charge in [0.2, 0.25) is 0 Å². The smallest absolute Gasteiger partial charge is 0.256 e. The molecule has 0 radical (unpaired) electrons. The highest BCUT2D eigenvalue weighted by Gasteiger charge is 2.26. The summed E-state index contributed by atoms with van der Waals surface area (Å²) in [5, 5.41) is 2.93. The normalized spacial score (nSPS) is 15.6. The number of hydrogen-bond acceptors (Lipinski definition) is 2. The van der Waals surface area contributed by atoms with Crippen molar-refractivity contribution in [3.8, 4) is 0 Å². The Bertz CT molecular complexity index is 739. The predicted octanol–water partition coefficient (Wildman–Crippen LogP) is 4.93. The average molecular weight is 348 g/mol. The number of aryl methyl sites for hydroxylation is 2. The number of rotatable bonds is 1. The van der Waals surface area contributed by atoms with Crippen LogP contribution in [0.4, 0.5) is 5.69 Å². The number of halogens is 1. The minimum Gasteiger partial charge on any atom is -0.321 e. The second-order valence-electron chi connectivity index (χ2n) is 5.00. The summed E-state index contributed by atoms with van der Waals surface area (Å²) in [6.45, 7) is 6.23. The van der Waals surface area contributed by atoms with E-state index in [-0.39, 0.29) is 5.91 Å². The number of fused-ring (bicyclic) bond motifs is 1. The Labute approximate surface area is 130 Å². The standard InChI is InChI=1S/C16H14BrNOS/c1-8-6-11(20-10(8)3)7-12-15-9(2)13(17)4-5-14(15)18-16(12)19/h4-7H,1-3H3,(H,18,19). The summed E-state index contributed by atoms with van der Waals surface area (Å²) in [5.74, 6) is -0.0232. The van der Waals surface area contributed by atoms with Crippen LogP contribution in [0.15, 0.2) is 22.7 Å². The number of anilines is 1. The third kappa shape index (κ3) is 2.13. The molecular weight excluding hydrogens is 334 g/mol. The van der Waals surface area contributed by atoms with Gasteiger partial charge in [-0.3, -0.25) is 4.79 Å². The Morgan fingerprint density at radius 3 is 2.65 bits per heavy atom. The van der Waals surface area contributed by atoms with Gasteiger partial charge in [0.1, 0.15) is 0 Å². The molecule has 0 saturated heterocycles. The van der Waals surface area contributed by atoms with Crippen molar-refractivity contribution in [2.75, 3.05) is 5.32 Å². The van der Waals surface area contributed by atoms with Gasteiger partial charge in [-0.25, -0.2) is 0 Å². The molecule has 0 unspecified atom stereocenters. The third-order valence-electron chi connectivity index (χ3n) is 3.63. The van der Waals surface area contributed by atoms with E-state index in [1.807, 2.05) is 25.1 Å². The molecule has 20 heavy (non-hydrogen) atoms. The second kappa shape index (κ2) is 4.86. The molecule has 0 spiro atoms. The molecule has 1 aromatic carbocycles.